The Bertz CT molecular complexity index is 1020. The summed E-state index contributed by atoms with van der Waals surface area (Å²) < 4.78 is 20.5. The van der Waals surface area contributed by atoms with Crippen LogP contribution in [-0.4, -0.2) is 26.8 Å². The molecule has 138 valence electrons. The van der Waals surface area contributed by atoms with Crippen LogP contribution < -0.4 is 10.8 Å². The molecule has 0 bridgehead atoms. The Morgan fingerprint density at radius 3 is 2.85 bits per heavy atom. The van der Waals surface area contributed by atoms with E-state index in [-0.39, 0.29) is 5.82 Å². The van der Waals surface area contributed by atoms with Gasteiger partial charge in [-0.3, -0.25) is 4.99 Å². The van der Waals surface area contributed by atoms with Crippen molar-refractivity contribution in [2.24, 2.45) is 4.99 Å². The van der Waals surface area contributed by atoms with E-state index in [1.165, 1.54) is 22.5 Å². The number of amidine groups is 1. The molecule has 0 spiro atoms. The molecule has 0 unspecified atom stereocenters. The summed E-state index contributed by atoms with van der Waals surface area (Å²) in [5.74, 6) is 1.04. The lowest BCUT2D eigenvalue weighted by Crippen LogP contribution is -2.21. The number of aryl methyl sites for hydroxylation is 1. The van der Waals surface area contributed by atoms with Gasteiger partial charge in [0.1, 0.15) is 25.1 Å². The number of nitrogens with one attached hydrogen (secondary N) is 1. The van der Waals surface area contributed by atoms with E-state index in [1.807, 2.05) is 12.3 Å². The number of hydrogen-bond acceptors (Lipinski definition) is 3. The van der Waals surface area contributed by atoms with E-state index in [9.17, 15) is 4.39 Å². The Balaban J connectivity index is 1.69. The Hall–Kier alpha value is -2.56. The molecule has 3 aromatic rings. The molecule has 0 amide bonds. The van der Waals surface area contributed by atoms with Crippen molar-refractivity contribution in [1.29, 1.82) is 0 Å². The molecule has 3 nitrogen and oxygen atoms in total. The van der Waals surface area contributed by atoms with Gasteiger partial charge in [-0.05, 0) is 36.0 Å². The van der Waals surface area contributed by atoms with Crippen molar-refractivity contribution >= 4 is 30.1 Å². The van der Waals surface area contributed by atoms with Crippen LogP contribution in [0.4, 0.5) is 4.39 Å². The first-order valence-corrected chi connectivity index (χ1v) is 9.61. The standard InChI is InChI=1S/C22H24BFN2O/c1-13(2)19-12-27-21-14(10-15(23)11-18(19)21)6-7-16-17(4-3-5-20(16)24)22-25-8-9-26-22/h3-5,10-13H,6-9,23H2,1-2H3,(H,25,26). The van der Waals surface area contributed by atoms with Crippen molar-refractivity contribution < 1.29 is 8.81 Å². The molecule has 1 aliphatic rings. The number of furan rings is 1. The maximum absolute atomic E-state index is 14.6. The van der Waals surface area contributed by atoms with Crippen molar-refractivity contribution in [1.82, 2.24) is 5.32 Å². The van der Waals surface area contributed by atoms with Crippen LogP contribution in [0.2, 0.25) is 0 Å². The van der Waals surface area contributed by atoms with Crippen LogP contribution in [0.15, 0.2) is 46.0 Å². The summed E-state index contributed by atoms with van der Waals surface area (Å²) >= 11 is 0. The molecule has 2 heterocycles. The minimum absolute atomic E-state index is 0.171. The molecule has 4 rings (SSSR count). The number of rotatable bonds is 5. The topological polar surface area (TPSA) is 37.5 Å². The quantitative estimate of drug-likeness (QED) is 0.709. The van der Waals surface area contributed by atoms with Gasteiger partial charge in [-0.2, -0.15) is 0 Å². The molecule has 0 fully saturated rings. The Morgan fingerprint density at radius 1 is 1.26 bits per heavy atom. The lowest BCUT2D eigenvalue weighted by atomic mass is 9.88. The van der Waals surface area contributed by atoms with Crippen LogP contribution in [0.5, 0.6) is 0 Å². The number of aliphatic imine (C=N–C) groups is 1. The maximum atomic E-state index is 14.6. The van der Waals surface area contributed by atoms with Crippen molar-refractivity contribution in [2.75, 3.05) is 13.1 Å². The summed E-state index contributed by atoms with van der Waals surface area (Å²) in [6, 6.07) is 9.57. The highest BCUT2D eigenvalue weighted by molar-refractivity contribution is 6.33. The second-order valence-electron chi connectivity index (χ2n) is 7.57. The smallest absolute Gasteiger partial charge is 0.139 e. The van der Waals surface area contributed by atoms with Gasteiger partial charge < -0.3 is 9.73 Å². The third kappa shape index (κ3) is 3.38. The fraction of sp³-hybridized carbons (Fsp3) is 0.318. The summed E-state index contributed by atoms with van der Waals surface area (Å²) in [6.45, 7) is 5.91. The second-order valence-corrected chi connectivity index (χ2v) is 7.57. The highest BCUT2D eigenvalue weighted by Crippen LogP contribution is 2.30. The zero-order valence-corrected chi connectivity index (χ0v) is 16.1. The SMILES string of the molecule is Bc1cc(CCc2c(F)cccc2C2=NCCN2)c2occ(C(C)C)c2c1. The van der Waals surface area contributed by atoms with E-state index in [0.29, 0.717) is 12.3 Å². The number of hydrogen-bond donors (Lipinski definition) is 1. The van der Waals surface area contributed by atoms with Gasteiger partial charge in [0.05, 0.1) is 12.8 Å². The molecule has 0 radical (unpaired) electrons. The van der Waals surface area contributed by atoms with Gasteiger partial charge in [-0.1, -0.05) is 43.6 Å². The van der Waals surface area contributed by atoms with Gasteiger partial charge in [-0.25, -0.2) is 4.39 Å². The van der Waals surface area contributed by atoms with Gasteiger partial charge in [0, 0.05) is 23.1 Å². The second kappa shape index (κ2) is 7.22. The summed E-state index contributed by atoms with van der Waals surface area (Å²) in [4.78, 5) is 4.47. The van der Waals surface area contributed by atoms with Crippen LogP contribution in [-0.2, 0) is 12.8 Å². The molecule has 5 heteroatoms. The largest absolute Gasteiger partial charge is 0.464 e. The first-order chi connectivity index (χ1) is 13.0. The van der Waals surface area contributed by atoms with E-state index < -0.39 is 0 Å². The summed E-state index contributed by atoms with van der Waals surface area (Å²) in [5, 5.41) is 4.43. The zero-order chi connectivity index (χ0) is 19.0. The van der Waals surface area contributed by atoms with E-state index in [4.69, 9.17) is 4.42 Å². The molecular weight excluding hydrogens is 338 g/mol. The van der Waals surface area contributed by atoms with E-state index in [0.717, 1.165) is 47.6 Å². The summed E-state index contributed by atoms with van der Waals surface area (Å²) in [5.41, 5.74) is 6.09. The van der Waals surface area contributed by atoms with Crippen LogP contribution in [0.25, 0.3) is 11.0 Å². The highest BCUT2D eigenvalue weighted by Gasteiger charge is 2.18. The minimum Gasteiger partial charge on any atom is -0.464 e. The van der Waals surface area contributed by atoms with Gasteiger partial charge in [-0.15, -0.1) is 0 Å². The van der Waals surface area contributed by atoms with Crippen molar-refractivity contribution in [3.05, 3.63) is 64.7 Å². The molecule has 1 aromatic heterocycles. The van der Waals surface area contributed by atoms with Gasteiger partial charge in [0.2, 0.25) is 0 Å². The molecule has 0 saturated carbocycles. The maximum Gasteiger partial charge on any atom is 0.139 e. The van der Waals surface area contributed by atoms with Crippen LogP contribution in [0.1, 0.15) is 42.0 Å². The molecule has 1 aliphatic heterocycles. The normalized spacial score (nSPS) is 14.0. The van der Waals surface area contributed by atoms with E-state index >= 15 is 0 Å². The van der Waals surface area contributed by atoms with Crippen LogP contribution in [0, 0.1) is 5.82 Å². The van der Waals surface area contributed by atoms with E-state index in [2.05, 4.69) is 44.1 Å². The average Bonchev–Trinajstić information content (AvgIpc) is 3.29. The first kappa shape index (κ1) is 17.8. The predicted molar refractivity (Wildman–Crippen MR) is 112 cm³/mol. The van der Waals surface area contributed by atoms with E-state index in [1.54, 1.807) is 6.07 Å². The molecular formula is C22H24BFN2O. The number of fused-ring (bicyclic) bond motifs is 1. The third-order valence-corrected chi connectivity index (χ3v) is 5.24. The summed E-state index contributed by atoms with van der Waals surface area (Å²) in [6.07, 6.45) is 3.20. The van der Waals surface area contributed by atoms with Crippen molar-refractivity contribution in [2.45, 2.75) is 32.6 Å². The van der Waals surface area contributed by atoms with Crippen molar-refractivity contribution in [3.63, 3.8) is 0 Å². The number of nitrogens with zero attached hydrogens (tertiary/aromatic N) is 1. The Morgan fingerprint density at radius 2 is 2.11 bits per heavy atom. The lowest BCUT2D eigenvalue weighted by molar-refractivity contribution is 0.597. The lowest BCUT2D eigenvalue weighted by Gasteiger charge is -2.12. The minimum atomic E-state index is -0.171. The highest BCUT2D eigenvalue weighted by atomic mass is 19.1. The molecule has 0 aliphatic carbocycles. The average molecular weight is 362 g/mol. The fourth-order valence-electron chi connectivity index (χ4n) is 3.89. The van der Waals surface area contributed by atoms with Crippen LogP contribution in [0.3, 0.4) is 0 Å². The van der Waals surface area contributed by atoms with Crippen molar-refractivity contribution in [3.8, 4) is 0 Å². The zero-order valence-electron chi connectivity index (χ0n) is 16.1. The fourth-order valence-corrected chi connectivity index (χ4v) is 3.89. The Labute approximate surface area is 160 Å². The van der Waals surface area contributed by atoms with Gasteiger partial charge >= 0.3 is 0 Å². The van der Waals surface area contributed by atoms with Gasteiger partial charge in [0.15, 0.2) is 0 Å². The molecule has 0 saturated heterocycles. The first-order valence-electron chi connectivity index (χ1n) is 9.61. The van der Waals surface area contributed by atoms with Crippen LogP contribution >= 0.6 is 0 Å². The van der Waals surface area contributed by atoms with Gasteiger partial charge in [0.25, 0.3) is 0 Å². The number of benzene rings is 2. The third-order valence-electron chi connectivity index (χ3n) is 5.24. The summed E-state index contributed by atoms with van der Waals surface area (Å²) in [7, 11) is 2.10. The monoisotopic (exact) mass is 362 g/mol. The number of halogens is 1. The Kier molecular flexibility index (Phi) is 4.77. The molecule has 0 atom stereocenters. The molecule has 1 N–H and O–H groups in total. The predicted octanol–water partition coefficient (Wildman–Crippen LogP) is 3.09. The molecule has 27 heavy (non-hydrogen) atoms. The molecule has 2 aromatic carbocycles.